The lowest BCUT2D eigenvalue weighted by Gasteiger charge is -2.10. The number of rotatable bonds is 2. The molecule has 0 aliphatic rings. The van der Waals surface area contributed by atoms with Crippen LogP contribution in [0.1, 0.15) is 21.6 Å². The number of aliphatic hydroxyl groups is 1. The van der Waals surface area contributed by atoms with E-state index >= 15 is 0 Å². The average Bonchev–Trinajstić information content (AvgIpc) is 2.58. The number of nitrogens with zero attached hydrogens (tertiary/aromatic N) is 1. The van der Waals surface area contributed by atoms with E-state index in [1.807, 2.05) is 0 Å². The van der Waals surface area contributed by atoms with Crippen molar-refractivity contribution in [1.29, 1.82) is 0 Å². The second-order valence-corrected chi connectivity index (χ2v) is 5.37. The summed E-state index contributed by atoms with van der Waals surface area (Å²) >= 11 is 1.35. The van der Waals surface area contributed by atoms with E-state index < -0.39 is 0 Å². The number of aliphatic hydroxyl groups excluding tert-OH is 1. The van der Waals surface area contributed by atoms with Gasteiger partial charge in [-0.2, -0.15) is 0 Å². The van der Waals surface area contributed by atoms with Crippen molar-refractivity contribution in [3.8, 4) is 11.3 Å². The van der Waals surface area contributed by atoms with E-state index in [4.69, 9.17) is 5.73 Å². The van der Waals surface area contributed by atoms with Crippen molar-refractivity contribution in [2.24, 2.45) is 0 Å². The van der Waals surface area contributed by atoms with Gasteiger partial charge in [0.25, 0.3) is 0 Å². The summed E-state index contributed by atoms with van der Waals surface area (Å²) in [4.78, 5) is 5.17. The molecule has 17 heavy (non-hydrogen) atoms. The van der Waals surface area contributed by atoms with E-state index in [0.717, 1.165) is 16.1 Å². The van der Waals surface area contributed by atoms with Gasteiger partial charge in [-0.25, -0.2) is 4.98 Å². The van der Waals surface area contributed by atoms with E-state index in [0.29, 0.717) is 5.13 Å². The van der Waals surface area contributed by atoms with Gasteiger partial charge in [0.2, 0.25) is 0 Å². The molecule has 4 heteroatoms. The number of hydrogen-bond donors (Lipinski definition) is 2. The summed E-state index contributed by atoms with van der Waals surface area (Å²) in [6, 6.07) is 4.25. The Morgan fingerprint density at radius 3 is 2.35 bits per heavy atom. The maximum atomic E-state index is 9.34. The minimum atomic E-state index is -0.0169. The molecule has 2 rings (SSSR count). The van der Waals surface area contributed by atoms with Crippen LogP contribution in [0.4, 0.5) is 5.13 Å². The molecular weight excluding hydrogens is 232 g/mol. The molecule has 0 aliphatic heterocycles. The molecule has 0 atom stereocenters. The summed E-state index contributed by atoms with van der Waals surface area (Å²) in [6.07, 6.45) is 0. The number of thiazole rings is 1. The number of aryl methyl sites for hydroxylation is 3. The highest BCUT2D eigenvalue weighted by Gasteiger charge is 2.15. The summed E-state index contributed by atoms with van der Waals surface area (Å²) in [7, 11) is 0. The number of aromatic nitrogens is 1. The van der Waals surface area contributed by atoms with E-state index in [1.54, 1.807) is 0 Å². The minimum Gasteiger partial charge on any atom is -0.391 e. The fourth-order valence-corrected chi connectivity index (χ4v) is 2.92. The number of hydrogen-bond acceptors (Lipinski definition) is 4. The third-order valence-corrected chi connectivity index (χ3v) is 3.64. The Hall–Kier alpha value is -1.39. The predicted molar refractivity (Wildman–Crippen MR) is 72.1 cm³/mol. The lowest BCUT2D eigenvalue weighted by Crippen LogP contribution is -1.94. The van der Waals surface area contributed by atoms with Crippen molar-refractivity contribution in [2.75, 3.05) is 5.73 Å². The molecule has 0 spiro atoms. The van der Waals surface area contributed by atoms with Crippen LogP contribution < -0.4 is 5.73 Å². The first-order valence-corrected chi connectivity index (χ1v) is 6.29. The topological polar surface area (TPSA) is 59.1 Å². The van der Waals surface area contributed by atoms with Crippen LogP contribution in [0.5, 0.6) is 0 Å². The molecule has 0 unspecified atom stereocenters. The quantitative estimate of drug-likeness (QED) is 0.859. The SMILES string of the molecule is Cc1cc(C)c(-c2nc(N)sc2CO)c(C)c1. The van der Waals surface area contributed by atoms with Crippen LogP contribution in [0.25, 0.3) is 11.3 Å². The molecule has 0 amide bonds. The smallest absolute Gasteiger partial charge is 0.180 e. The first-order valence-electron chi connectivity index (χ1n) is 5.47. The van der Waals surface area contributed by atoms with Crippen LogP contribution in [-0.2, 0) is 6.61 Å². The van der Waals surface area contributed by atoms with Gasteiger partial charge in [-0.3, -0.25) is 0 Å². The van der Waals surface area contributed by atoms with Crippen molar-refractivity contribution in [1.82, 2.24) is 4.98 Å². The molecule has 1 heterocycles. The van der Waals surface area contributed by atoms with E-state index in [-0.39, 0.29) is 6.61 Å². The zero-order valence-electron chi connectivity index (χ0n) is 10.2. The monoisotopic (exact) mass is 248 g/mol. The Morgan fingerprint density at radius 1 is 1.24 bits per heavy atom. The van der Waals surface area contributed by atoms with Crippen molar-refractivity contribution >= 4 is 16.5 Å². The Balaban J connectivity index is 2.67. The Bertz CT molecular complexity index is 538. The molecule has 0 aliphatic carbocycles. The Kier molecular flexibility index (Phi) is 3.17. The molecule has 1 aromatic heterocycles. The number of nitrogen functional groups attached to an aromatic ring is 1. The maximum absolute atomic E-state index is 9.34. The first kappa shape index (κ1) is 12.1. The average molecular weight is 248 g/mol. The van der Waals surface area contributed by atoms with E-state index in [9.17, 15) is 5.11 Å². The number of anilines is 1. The van der Waals surface area contributed by atoms with Gasteiger partial charge in [-0.05, 0) is 31.9 Å². The van der Waals surface area contributed by atoms with Gasteiger partial charge in [0.15, 0.2) is 5.13 Å². The second-order valence-electron chi connectivity index (χ2n) is 4.26. The third-order valence-electron chi connectivity index (χ3n) is 2.77. The van der Waals surface area contributed by atoms with Crippen LogP contribution in [0, 0.1) is 20.8 Å². The lowest BCUT2D eigenvalue weighted by atomic mass is 9.97. The van der Waals surface area contributed by atoms with Crippen molar-refractivity contribution in [3.05, 3.63) is 33.7 Å². The van der Waals surface area contributed by atoms with Gasteiger partial charge >= 0.3 is 0 Å². The summed E-state index contributed by atoms with van der Waals surface area (Å²) in [5, 5.41) is 9.85. The predicted octanol–water partition coefficient (Wildman–Crippen LogP) is 2.81. The molecule has 0 saturated heterocycles. The minimum absolute atomic E-state index is 0.0169. The summed E-state index contributed by atoms with van der Waals surface area (Å²) in [5.41, 5.74) is 11.2. The molecule has 0 bridgehead atoms. The number of benzene rings is 1. The largest absolute Gasteiger partial charge is 0.391 e. The lowest BCUT2D eigenvalue weighted by molar-refractivity contribution is 0.286. The fourth-order valence-electron chi connectivity index (χ4n) is 2.23. The number of nitrogens with two attached hydrogens (primary N) is 1. The summed E-state index contributed by atoms with van der Waals surface area (Å²) in [5.74, 6) is 0. The normalized spacial score (nSPS) is 10.8. The molecule has 3 nitrogen and oxygen atoms in total. The molecule has 1 aromatic carbocycles. The highest BCUT2D eigenvalue weighted by Crippen LogP contribution is 2.34. The molecular formula is C13H16N2OS. The Labute approximate surface area is 105 Å². The van der Waals surface area contributed by atoms with Crippen LogP contribution in [0.3, 0.4) is 0 Å². The summed E-state index contributed by atoms with van der Waals surface area (Å²) < 4.78 is 0. The van der Waals surface area contributed by atoms with Crippen LogP contribution in [-0.4, -0.2) is 10.1 Å². The van der Waals surface area contributed by atoms with Crippen molar-refractivity contribution < 1.29 is 5.11 Å². The van der Waals surface area contributed by atoms with Gasteiger partial charge in [-0.15, -0.1) is 0 Å². The van der Waals surface area contributed by atoms with Gasteiger partial charge in [0.05, 0.1) is 17.2 Å². The highest BCUT2D eigenvalue weighted by molar-refractivity contribution is 7.15. The first-order chi connectivity index (χ1) is 8.02. The van der Waals surface area contributed by atoms with Crippen LogP contribution in [0.15, 0.2) is 12.1 Å². The van der Waals surface area contributed by atoms with Gasteiger partial charge < -0.3 is 10.8 Å². The van der Waals surface area contributed by atoms with Crippen LogP contribution in [0.2, 0.25) is 0 Å². The standard InChI is InChI=1S/C13H16N2OS/c1-7-4-8(2)11(9(3)5-7)12-10(6-16)17-13(14)15-12/h4-5,16H,6H2,1-3H3,(H2,14,15). The second kappa shape index (κ2) is 4.47. The van der Waals surface area contributed by atoms with Gasteiger partial charge in [0.1, 0.15) is 0 Å². The molecule has 0 radical (unpaired) electrons. The fraction of sp³-hybridized carbons (Fsp3) is 0.308. The van der Waals surface area contributed by atoms with E-state index in [2.05, 4.69) is 37.9 Å². The van der Waals surface area contributed by atoms with Crippen molar-refractivity contribution in [2.45, 2.75) is 27.4 Å². The highest BCUT2D eigenvalue weighted by atomic mass is 32.1. The summed E-state index contributed by atoms with van der Waals surface area (Å²) in [6.45, 7) is 6.18. The molecule has 2 aromatic rings. The Morgan fingerprint density at radius 2 is 1.82 bits per heavy atom. The molecule has 3 N–H and O–H groups in total. The zero-order valence-corrected chi connectivity index (χ0v) is 11.1. The van der Waals surface area contributed by atoms with Gasteiger partial charge in [0, 0.05) is 5.56 Å². The van der Waals surface area contributed by atoms with Crippen LogP contribution >= 0.6 is 11.3 Å². The zero-order chi connectivity index (χ0) is 12.6. The third kappa shape index (κ3) is 2.18. The molecule has 0 saturated carbocycles. The van der Waals surface area contributed by atoms with Gasteiger partial charge in [-0.1, -0.05) is 29.0 Å². The maximum Gasteiger partial charge on any atom is 0.180 e. The molecule has 0 fully saturated rings. The van der Waals surface area contributed by atoms with E-state index in [1.165, 1.54) is 28.0 Å². The molecule has 90 valence electrons. The van der Waals surface area contributed by atoms with Crippen molar-refractivity contribution in [3.63, 3.8) is 0 Å².